The largest absolute Gasteiger partial charge is 0.361 e. The number of anilines is 1. The molecule has 4 heteroatoms. The van der Waals surface area contributed by atoms with E-state index in [2.05, 4.69) is 15.6 Å². The monoisotopic (exact) mass is 183 g/mol. The van der Waals surface area contributed by atoms with E-state index >= 15 is 0 Å². The van der Waals surface area contributed by atoms with Crippen LogP contribution in [0.3, 0.4) is 0 Å². The van der Waals surface area contributed by atoms with Gasteiger partial charge in [0.05, 0.1) is 0 Å². The van der Waals surface area contributed by atoms with Crippen molar-refractivity contribution in [3.63, 3.8) is 0 Å². The lowest BCUT2D eigenvalue weighted by molar-refractivity contribution is 0.615. The lowest BCUT2D eigenvalue weighted by Crippen LogP contribution is -2.16. The van der Waals surface area contributed by atoms with Gasteiger partial charge in [0.2, 0.25) is 0 Å². The Balaban J connectivity index is 1.74. The van der Waals surface area contributed by atoms with Crippen LogP contribution in [-0.2, 0) is 0 Å². The quantitative estimate of drug-likeness (QED) is 0.738. The zero-order valence-electron chi connectivity index (χ0n) is 6.92. The second-order valence-corrected chi connectivity index (χ2v) is 3.97. The molecule has 12 heavy (non-hydrogen) atoms. The van der Waals surface area contributed by atoms with Crippen molar-refractivity contribution >= 4 is 16.5 Å². The fraction of sp³-hybridized carbons (Fsp3) is 0.625. The number of hydrogen-bond acceptors (Lipinski definition) is 4. The molecule has 1 aliphatic heterocycles. The Morgan fingerprint density at radius 3 is 3.42 bits per heavy atom. The maximum atomic E-state index is 4.16. The SMILES string of the molecule is c1csc(NC[C@H]2CCNC2)n1. The van der Waals surface area contributed by atoms with Gasteiger partial charge in [-0.25, -0.2) is 4.98 Å². The Labute approximate surface area is 76.2 Å². The van der Waals surface area contributed by atoms with E-state index in [1.54, 1.807) is 11.3 Å². The van der Waals surface area contributed by atoms with Crippen molar-refractivity contribution in [1.82, 2.24) is 10.3 Å². The van der Waals surface area contributed by atoms with E-state index in [0.717, 1.165) is 24.1 Å². The number of aromatic nitrogens is 1. The summed E-state index contributed by atoms with van der Waals surface area (Å²) in [4.78, 5) is 4.16. The average Bonchev–Trinajstić information content (AvgIpc) is 2.74. The van der Waals surface area contributed by atoms with Crippen LogP contribution >= 0.6 is 11.3 Å². The summed E-state index contributed by atoms with van der Waals surface area (Å²) in [6, 6.07) is 0. The van der Waals surface area contributed by atoms with Crippen molar-refractivity contribution in [1.29, 1.82) is 0 Å². The van der Waals surface area contributed by atoms with Crippen LogP contribution in [-0.4, -0.2) is 24.6 Å². The number of nitrogens with one attached hydrogen (secondary N) is 2. The standard InChI is InChI=1S/C8H13N3S/c1-2-9-5-7(1)6-11-8-10-3-4-12-8/h3-4,7,9H,1-2,5-6H2,(H,10,11)/t7-/m0/s1. The Morgan fingerprint density at radius 2 is 2.75 bits per heavy atom. The Kier molecular flexibility index (Phi) is 2.58. The van der Waals surface area contributed by atoms with Gasteiger partial charge in [-0.1, -0.05) is 0 Å². The summed E-state index contributed by atoms with van der Waals surface area (Å²) in [5, 5.41) is 9.72. The van der Waals surface area contributed by atoms with Gasteiger partial charge in [-0.05, 0) is 25.4 Å². The van der Waals surface area contributed by atoms with E-state index in [9.17, 15) is 0 Å². The molecule has 0 radical (unpaired) electrons. The summed E-state index contributed by atoms with van der Waals surface area (Å²) in [6.45, 7) is 3.38. The van der Waals surface area contributed by atoms with Crippen LogP contribution in [0, 0.1) is 5.92 Å². The van der Waals surface area contributed by atoms with Crippen LogP contribution in [0.5, 0.6) is 0 Å². The van der Waals surface area contributed by atoms with Gasteiger partial charge in [-0.15, -0.1) is 11.3 Å². The first-order chi connectivity index (χ1) is 5.95. The fourth-order valence-electron chi connectivity index (χ4n) is 1.43. The van der Waals surface area contributed by atoms with Gasteiger partial charge in [-0.3, -0.25) is 0 Å². The van der Waals surface area contributed by atoms with Crippen LogP contribution in [0.2, 0.25) is 0 Å². The third kappa shape index (κ3) is 1.95. The van der Waals surface area contributed by atoms with Crippen molar-refractivity contribution in [3.8, 4) is 0 Å². The zero-order valence-corrected chi connectivity index (χ0v) is 7.73. The summed E-state index contributed by atoms with van der Waals surface area (Å²) in [5.74, 6) is 0.786. The summed E-state index contributed by atoms with van der Waals surface area (Å²) in [5.41, 5.74) is 0. The molecule has 1 aliphatic rings. The summed E-state index contributed by atoms with van der Waals surface area (Å²) in [7, 11) is 0. The van der Waals surface area contributed by atoms with Gasteiger partial charge in [0.15, 0.2) is 5.13 Å². The minimum atomic E-state index is 0.786. The van der Waals surface area contributed by atoms with Crippen LogP contribution in [0.15, 0.2) is 11.6 Å². The topological polar surface area (TPSA) is 37.0 Å². The lowest BCUT2D eigenvalue weighted by Gasteiger charge is -2.07. The number of thiazole rings is 1. The first kappa shape index (κ1) is 8.01. The molecular formula is C8H13N3S. The molecular weight excluding hydrogens is 170 g/mol. The van der Waals surface area contributed by atoms with Crippen LogP contribution < -0.4 is 10.6 Å². The van der Waals surface area contributed by atoms with Crippen LogP contribution in [0.4, 0.5) is 5.13 Å². The molecule has 0 amide bonds. The maximum absolute atomic E-state index is 4.16. The molecule has 0 spiro atoms. The summed E-state index contributed by atoms with van der Waals surface area (Å²) < 4.78 is 0. The highest BCUT2D eigenvalue weighted by Gasteiger charge is 2.13. The molecule has 1 aromatic rings. The smallest absolute Gasteiger partial charge is 0.182 e. The molecule has 1 fully saturated rings. The van der Waals surface area contributed by atoms with Gasteiger partial charge in [0, 0.05) is 18.1 Å². The number of nitrogens with zero attached hydrogens (tertiary/aromatic N) is 1. The highest BCUT2D eigenvalue weighted by atomic mass is 32.1. The molecule has 0 aliphatic carbocycles. The average molecular weight is 183 g/mol. The van der Waals surface area contributed by atoms with Gasteiger partial charge >= 0.3 is 0 Å². The van der Waals surface area contributed by atoms with Gasteiger partial charge < -0.3 is 10.6 Å². The summed E-state index contributed by atoms with van der Waals surface area (Å²) >= 11 is 1.66. The Hall–Kier alpha value is -0.610. The van der Waals surface area contributed by atoms with E-state index < -0.39 is 0 Å². The lowest BCUT2D eigenvalue weighted by atomic mass is 10.1. The third-order valence-electron chi connectivity index (χ3n) is 2.14. The van der Waals surface area contributed by atoms with Gasteiger partial charge in [0.25, 0.3) is 0 Å². The minimum absolute atomic E-state index is 0.786. The molecule has 2 heterocycles. The zero-order chi connectivity index (χ0) is 8.23. The number of rotatable bonds is 3. The first-order valence-corrected chi connectivity index (χ1v) is 5.17. The Bertz CT molecular complexity index is 216. The maximum Gasteiger partial charge on any atom is 0.182 e. The van der Waals surface area contributed by atoms with Gasteiger partial charge in [-0.2, -0.15) is 0 Å². The molecule has 1 atom stereocenters. The van der Waals surface area contributed by atoms with Crippen LogP contribution in [0.25, 0.3) is 0 Å². The van der Waals surface area contributed by atoms with Crippen molar-refractivity contribution in [2.24, 2.45) is 5.92 Å². The molecule has 0 saturated carbocycles. The second-order valence-electron chi connectivity index (χ2n) is 3.08. The van der Waals surface area contributed by atoms with Crippen molar-refractivity contribution < 1.29 is 0 Å². The minimum Gasteiger partial charge on any atom is -0.361 e. The third-order valence-corrected chi connectivity index (χ3v) is 2.87. The normalized spacial score (nSPS) is 22.8. The summed E-state index contributed by atoms with van der Waals surface area (Å²) in [6.07, 6.45) is 3.12. The predicted molar refractivity (Wildman–Crippen MR) is 51.6 cm³/mol. The molecule has 3 nitrogen and oxygen atoms in total. The van der Waals surface area contributed by atoms with Crippen molar-refractivity contribution in [2.75, 3.05) is 25.0 Å². The number of hydrogen-bond donors (Lipinski definition) is 2. The van der Waals surface area contributed by atoms with E-state index in [-0.39, 0.29) is 0 Å². The second kappa shape index (κ2) is 3.87. The Morgan fingerprint density at radius 1 is 1.75 bits per heavy atom. The molecule has 2 rings (SSSR count). The molecule has 66 valence electrons. The molecule has 1 aromatic heterocycles. The molecule has 0 bridgehead atoms. The van der Waals surface area contributed by atoms with Gasteiger partial charge in [0.1, 0.15) is 0 Å². The predicted octanol–water partition coefficient (Wildman–Crippen LogP) is 1.16. The molecule has 2 N–H and O–H groups in total. The highest BCUT2D eigenvalue weighted by Crippen LogP contribution is 2.13. The van der Waals surface area contributed by atoms with Crippen LogP contribution in [0.1, 0.15) is 6.42 Å². The van der Waals surface area contributed by atoms with Crippen molar-refractivity contribution in [3.05, 3.63) is 11.6 Å². The van der Waals surface area contributed by atoms with Crippen molar-refractivity contribution in [2.45, 2.75) is 6.42 Å². The van der Waals surface area contributed by atoms with E-state index in [1.807, 2.05) is 11.6 Å². The highest BCUT2D eigenvalue weighted by molar-refractivity contribution is 7.13. The molecule has 0 unspecified atom stereocenters. The fourth-order valence-corrected chi connectivity index (χ4v) is 1.97. The first-order valence-electron chi connectivity index (χ1n) is 4.29. The van der Waals surface area contributed by atoms with E-state index in [1.165, 1.54) is 13.0 Å². The van der Waals surface area contributed by atoms with E-state index in [0.29, 0.717) is 0 Å². The van der Waals surface area contributed by atoms with E-state index in [4.69, 9.17) is 0 Å². The molecule has 0 aromatic carbocycles. The molecule has 1 saturated heterocycles.